The zero-order valence-corrected chi connectivity index (χ0v) is 13.3. The number of piperidine rings is 1. The van der Waals surface area contributed by atoms with E-state index >= 15 is 0 Å². The fourth-order valence-electron chi connectivity index (χ4n) is 4.04. The van der Waals surface area contributed by atoms with Gasteiger partial charge in [0, 0.05) is 39.3 Å². The van der Waals surface area contributed by atoms with Gasteiger partial charge in [0.2, 0.25) is 5.91 Å². The van der Waals surface area contributed by atoms with Crippen LogP contribution >= 0.6 is 0 Å². The molecule has 3 rings (SSSR count). The molecule has 3 heterocycles. The average Bonchev–Trinajstić information content (AvgIpc) is 3.02. The molecule has 0 saturated carbocycles. The van der Waals surface area contributed by atoms with Gasteiger partial charge in [-0.25, -0.2) is 0 Å². The van der Waals surface area contributed by atoms with E-state index in [1.54, 1.807) is 0 Å². The molecule has 0 aromatic carbocycles. The first-order valence-corrected chi connectivity index (χ1v) is 8.89. The molecule has 0 radical (unpaired) electrons. The predicted molar refractivity (Wildman–Crippen MR) is 83.1 cm³/mol. The van der Waals surface area contributed by atoms with Crippen molar-refractivity contribution >= 4 is 5.91 Å². The molecular weight excluding hydrogens is 264 g/mol. The Balaban J connectivity index is 1.37. The maximum Gasteiger partial charge on any atom is 0.222 e. The summed E-state index contributed by atoms with van der Waals surface area (Å²) in [5, 5.41) is 0. The first-order chi connectivity index (χ1) is 10.3. The topological polar surface area (TPSA) is 32.8 Å². The smallest absolute Gasteiger partial charge is 0.222 e. The Kier molecular flexibility index (Phi) is 5.53. The van der Waals surface area contributed by atoms with Gasteiger partial charge in [-0.3, -0.25) is 4.79 Å². The molecule has 3 fully saturated rings. The van der Waals surface area contributed by atoms with Gasteiger partial charge in [-0.1, -0.05) is 0 Å². The second-order valence-electron chi connectivity index (χ2n) is 7.12. The normalized spacial score (nSPS) is 29.0. The second-order valence-corrected chi connectivity index (χ2v) is 7.12. The first-order valence-electron chi connectivity index (χ1n) is 8.89. The minimum absolute atomic E-state index is 0.366. The van der Waals surface area contributed by atoms with Gasteiger partial charge in [0.25, 0.3) is 0 Å². The highest BCUT2D eigenvalue weighted by Crippen LogP contribution is 2.23. The Hall–Kier alpha value is -0.610. The van der Waals surface area contributed by atoms with Crippen molar-refractivity contribution in [1.82, 2.24) is 9.80 Å². The third-order valence-corrected chi connectivity index (χ3v) is 5.40. The standard InChI is InChI=1S/C17H30N2O2/c20-17(12-16-4-3-11-21-14-16)19-9-5-15(6-10-19)13-18-7-1-2-8-18/h15-16H,1-14H2. The number of carbonyl (C=O) groups is 1. The fraction of sp³-hybridized carbons (Fsp3) is 0.941. The number of amides is 1. The lowest BCUT2D eigenvalue weighted by Crippen LogP contribution is -2.42. The van der Waals surface area contributed by atoms with E-state index in [4.69, 9.17) is 4.74 Å². The van der Waals surface area contributed by atoms with Gasteiger partial charge in [0.05, 0.1) is 0 Å². The van der Waals surface area contributed by atoms with E-state index in [1.165, 1.54) is 45.3 Å². The van der Waals surface area contributed by atoms with Crippen LogP contribution in [0.15, 0.2) is 0 Å². The highest BCUT2D eigenvalue weighted by atomic mass is 16.5. The van der Waals surface area contributed by atoms with Crippen molar-refractivity contribution in [2.45, 2.75) is 44.9 Å². The SMILES string of the molecule is O=C(CC1CCCOC1)N1CCC(CN2CCCC2)CC1. The zero-order chi connectivity index (χ0) is 14.5. The van der Waals surface area contributed by atoms with Crippen molar-refractivity contribution in [2.24, 2.45) is 11.8 Å². The molecule has 3 saturated heterocycles. The van der Waals surface area contributed by atoms with Crippen LogP contribution in [0.25, 0.3) is 0 Å². The van der Waals surface area contributed by atoms with E-state index in [9.17, 15) is 4.79 Å². The Morgan fingerprint density at radius 1 is 0.952 bits per heavy atom. The van der Waals surface area contributed by atoms with Crippen molar-refractivity contribution in [1.29, 1.82) is 0 Å². The Bertz CT molecular complexity index is 328. The minimum Gasteiger partial charge on any atom is -0.381 e. The lowest BCUT2D eigenvalue weighted by molar-refractivity contribution is -0.134. The summed E-state index contributed by atoms with van der Waals surface area (Å²) in [7, 11) is 0. The van der Waals surface area contributed by atoms with Crippen molar-refractivity contribution < 1.29 is 9.53 Å². The van der Waals surface area contributed by atoms with E-state index in [-0.39, 0.29) is 0 Å². The number of likely N-dealkylation sites (tertiary alicyclic amines) is 2. The summed E-state index contributed by atoms with van der Waals surface area (Å²) in [6.07, 6.45) is 8.14. The molecule has 0 bridgehead atoms. The summed E-state index contributed by atoms with van der Waals surface area (Å²) in [5.74, 6) is 1.64. The van der Waals surface area contributed by atoms with Gasteiger partial charge >= 0.3 is 0 Å². The monoisotopic (exact) mass is 294 g/mol. The molecule has 0 N–H and O–H groups in total. The second kappa shape index (κ2) is 7.59. The van der Waals surface area contributed by atoms with Crippen molar-refractivity contribution in [3.05, 3.63) is 0 Å². The molecule has 4 heteroatoms. The summed E-state index contributed by atoms with van der Waals surface area (Å²) in [6.45, 7) is 7.47. The van der Waals surface area contributed by atoms with Crippen LogP contribution in [-0.2, 0) is 9.53 Å². The van der Waals surface area contributed by atoms with Crippen LogP contribution in [0.4, 0.5) is 0 Å². The minimum atomic E-state index is 0.366. The van der Waals surface area contributed by atoms with Gasteiger partial charge in [-0.15, -0.1) is 0 Å². The Morgan fingerprint density at radius 2 is 1.71 bits per heavy atom. The Morgan fingerprint density at radius 3 is 2.38 bits per heavy atom. The van der Waals surface area contributed by atoms with Crippen molar-refractivity contribution in [2.75, 3.05) is 45.9 Å². The predicted octanol–water partition coefficient (Wildman–Crippen LogP) is 2.14. The van der Waals surface area contributed by atoms with Crippen LogP contribution in [0.2, 0.25) is 0 Å². The highest BCUT2D eigenvalue weighted by molar-refractivity contribution is 5.76. The molecule has 1 amide bonds. The van der Waals surface area contributed by atoms with Crippen molar-refractivity contribution in [3.8, 4) is 0 Å². The summed E-state index contributed by atoms with van der Waals surface area (Å²) < 4.78 is 5.49. The molecule has 0 aliphatic carbocycles. The van der Waals surface area contributed by atoms with E-state index in [0.29, 0.717) is 18.2 Å². The van der Waals surface area contributed by atoms with Crippen LogP contribution in [0.1, 0.15) is 44.9 Å². The van der Waals surface area contributed by atoms with E-state index in [0.717, 1.165) is 45.1 Å². The lowest BCUT2D eigenvalue weighted by Gasteiger charge is -2.35. The molecule has 1 atom stereocenters. The lowest BCUT2D eigenvalue weighted by atomic mass is 9.94. The van der Waals surface area contributed by atoms with Crippen LogP contribution in [0.5, 0.6) is 0 Å². The summed E-state index contributed by atoms with van der Waals surface area (Å²) in [6, 6.07) is 0. The molecule has 3 aliphatic heterocycles. The highest BCUT2D eigenvalue weighted by Gasteiger charge is 2.27. The van der Waals surface area contributed by atoms with Gasteiger partial charge in [-0.2, -0.15) is 0 Å². The number of nitrogens with zero attached hydrogens (tertiary/aromatic N) is 2. The van der Waals surface area contributed by atoms with Crippen LogP contribution in [0, 0.1) is 11.8 Å². The summed E-state index contributed by atoms with van der Waals surface area (Å²) in [5.41, 5.74) is 0. The van der Waals surface area contributed by atoms with E-state index < -0.39 is 0 Å². The third-order valence-electron chi connectivity index (χ3n) is 5.40. The van der Waals surface area contributed by atoms with Crippen molar-refractivity contribution in [3.63, 3.8) is 0 Å². The number of carbonyl (C=O) groups excluding carboxylic acids is 1. The molecular formula is C17H30N2O2. The summed E-state index contributed by atoms with van der Waals surface area (Å²) >= 11 is 0. The number of rotatable bonds is 4. The van der Waals surface area contributed by atoms with Gasteiger partial charge in [0.15, 0.2) is 0 Å². The molecule has 4 nitrogen and oxygen atoms in total. The van der Waals surface area contributed by atoms with E-state index in [1.807, 2.05) is 0 Å². The quantitative estimate of drug-likeness (QED) is 0.796. The van der Waals surface area contributed by atoms with Crippen LogP contribution < -0.4 is 0 Å². The van der Waals surface area contributed by atoms with E-state index in [2.05, 4.69) is 9.80 Å². The molecule has 0 aromatic rings. The van der Waals surface area contributed by atoms with Gasteiger partial charge in [0.1, 0.15) is 0 Å². The molecule has 21 heavy (non-hydrogen) atoms. The van der Waals surface area contributed by atoms with Gasteiger partial charge in [-0.05, 0) is 63.5 Å². The van der Waals surface area contributed by atoms with Crippen LogP contribution in [0.3, 0.4) is 0 Å². The number of hydrogen-bond donors (Lipinski definition) is 0. The van der Waals surface area contributed by atoms with Gasteiger partial charge < -0.3 is 14.5 Å². The number of hydrogen-bond acceptors (Lipinski definition) is 3. The molecule has 0 spiro atoms. The van der Waals surface area contributed by atoms with Crippen LogP contribution in [-0.4, -0.2) is 61.6 Å². The zero-order valence-electron chi connectivity index (χ0n) is 13.3. The fourth-order valence-corrected chi connectivity index (χ4v) is 4.04. The largest absolute Gasteiger partial charge is 0.381 e. The maximum atomic E-state index is 12.4. The number of ether oxygens (including phenoxy) is 1. The molecule has 1 unspecified atom stereocenters. The first kappa shape index (κ1) is 15.3. The maximum absolute atomic E-state index is 12.4. The molecule has 120 valence electrons. The molecule has 0 aromatic heterocycles. The Labute approximate surface area is 128 Å². The summed E-state index contributed by atoms with van der Waals surface area (Å²) in [4.78, 5) is 17.1. The third kappa shape index (κ3) is 4.43. The average molecular weight is 294 g/mol. The molecule has 3 aliphatic rings.